The number of nitrogens with zero attached hydrogens (tertiary/aromatic N) is 5. The number of halogens is 4. The van der Waals surface area contributed by atoms with Crippen LogP contribution in [0.2, 0.25) is 0 Å². The lowest BCUT2D eigenvalue weighted by molar-refractivity contribution is -0.161. The SMILES string of the molecule is CN(C(=O)CC(F)(F)F)[C@H]1CCN(c2ccn3ncc(Br)c3n2)C1. The number of hydrogen-bond donors (Lipinski definition) is 0. The number of aromatic nitrogens is 3. The molecule has 6 nitrogen and oxygen atoms in total. The molecule has 0 radical (unpaired) electrons. The highest BCUT2D eigenvalue weighted by molar-refractivity contribution is 9.10. The summed E-state index contributed by atoms with van der Waals surface area (Å²) in [6, 6.07) is 1.54. The van der Waals surface area contributed by atoms with Crippen LogP contribution in [0.5, 0.6) is 0 Å². The fourth-order valence-corrected chi connectivity index (χ4v) is 3.14. The Balaban J connectivity index is 1.70. The molecular weight excluding hydrogens is 391 g/mol. The predicted octanol–water partition coefficient (Wildman–Crippen LogP) is 2.48. The summed E-state index contributed by atoms with van der Waals surface area (Å²) >= 11 is 3.37. The van der Waals surface area contributed by atoms with E-state index in [0.717, 1.165) is 4.47 Å². The molecule has 0 aliphatic carbocycles. The Bertz CT molecular complexity index is 762. The molecular formula is C14H15BrF3N5O. The van der Waals surface area contributed by atoms with E-state index in [1.807, 2.05) is 4.90 Å². The van der Waals surface area contributed by atoms with Crippen LogP contribution in [-0.4, -0.2) is 57.8 Å². The predicted molar refractivity (Wildman–Crippen MR) is 84.7 cm³/mol. The van der Waals surface area contributed by atoms with E-state index in [1.165, 1.54) is 11.9 Å². The minimum Gasteiger partial charge on any atom is -0.354 e. The van der Waals surface area contributed by atoms with E-state index in [1.54, 1.807) is 23.0 Å². The second-order valence-corrected chi connectivity index (χ2v) is 6.59. The van der Waals surface area contributed by atoms with Gasteiger partial charge in [-0.05, 0) is 28.4 Å². The van der Waals surface area contributed by atoms with Crippen LogP contribution in [0.3, 0.4) is 0 Å². The molecule has 0 saturated carbocycles. The van der Waals surface area contributed by atoms with Crippen molar-refractivity contribution in [2.45, 2.75) is 25.1 Å². The third kappa shape index (κ3) is 3.47. The van der Waals surface area contributed by atoms with Crippen molar-refractivity contribution in [3.8, 4) is 0 Å². The summed E-state index contributed by atoms with van der Waals surface area (Å²) in [6.07, 6.45) is -1.89. The summed E-state index contributed by atoms with van der Waals surface area (Å²) in [5, 5.41) is 4.12. The maximum absolute atomic E-state index is 12.4. The first-order valence-electron chi connectivity index (χ1n) is 7.32. The third-order valence-corrected chi connectivity index (χ3v) is 4.65. The van der Waals surface area contributed by atoms with Gasteiger partial charge in [0.2, 0.25) is 5.91 Å². The number of amides is 1. The van der Waals surface area contributed by atoms with Crippen molar-refractivity contribution in [2.75, 3.05) is 25.0 Å². The number of anilines is 1. The molecule has 3 rings (SSSR count). The minimum atomic E-state index is -4.48. The van der Waals surface area contributed by atoms with Gasteiger partial charge in [-0.2, -0.15) is 18.3 Å². The maximum Gasteiger partial charge on any atom is 0.397 e. The number of fused-ring (bicyclic) bond motifs is 1. The molecule has 1 saturated heterocycles. The molecule has 0 spiro atoms. The number of carbonyl (C=O) groups excluding carboxylic acids is 1. The van der Waals surface area contributed by atoms with E-state index in [-0.39, 0.29) is 6.04 Å². The van der Waals surface area contributed by atoms with E-state index in [9.17, 15) is 18.0 Å². The first-order valence-corrected chi connectivity index (χ1v) is 8.11. The lowest BCUT2D eigenvalue weighted by atomic mass is 10.2. The van der Waals surface area contributed by atoms with E-state index in [4.69, 9.17) is 0 Å². The van der Waals surface area contributed by atoms with Gasteiger partial charge in [-0.1, -0.05) is 0 Å². The van der Waals surface area contributed by atoms with Crippen molar-refractivity contribution in [1.82, 2.24) is 19.5 Å². The molecule has 130 valence electrons. The molecule has 3 heterocycles. The fraction of sp³-hybridized carbons (Fsp3) is 0.500. The third-order valence-electron chi connectivity index (χ3n) is 4.09. The van der Waals surface area contributed by atoms with Gasteiger partial charge >= 0.3 is 6.18 Å². The lowest BCUT2D eigenvalue weighted by Crippen LogP contribution is -2.40. The Morgan fingerprint density at radius 1 is 1.50 bits per heavy atom. The highest BCUT2D eigenvalue weighted by Gasteiger charge is 2.36. The Morgan fingerprint density at radius 2 is 2.25 bits per heavy atom. The van der Waals surface area contributed by atoms with Gasteiger partial charge in [0.15, 0.2) is 5.65 Å². The molecule has 1 atom stereocenters. The maximum atomic E-state index is 12.4. The molecule has 2 aromatic heterocycles. The molecule has 1 aliphatic rings. The van der Waals surface area contributed by atoms with Crippen molar-refractivity contribution < 1.29 is 18.0 Å². The van der Waals surface area contributed by atoms with E-state index >= 15 is 0 Å². The molecule has 24 heavy (non-hydrogen) atoms. The Morgan fingerprint density at radius 3 is 2.96 bits per heavy atom. The van der Waals surface area contributed by atoms with Crippen molar-refractivity contribution in [1.29, 1.82) is 0 Å². The smallest absolute Gasteiger partial charge is 0.354 e. The Kier molecular flexibility index (Phi) is 4.41. The fourth-order valence-electron chi connectivity index (χ4n) is 2.77. The van der Waals surface area contributed by atoms with Crippen molar-refractivity contribution >= 4 is 33.3 Å². The summed E-state index contributed by atoms with van der Waals surface area (Å²) < 4.78 is 39.5. The van der Waals surface area contributed by atoms with Gasteiger partial charge in [-0.25, -0.2) is 9.50 Å². The van der Waals surface area contributed by atoms with Crippen LogP contribution in [0.25, 0.3) is 5.65 Å². The van der Waals surface area contributed by atoms with Gasteiger partial charge in [0.1, 0.15) is 12.2 Å². The lowest BCUT2D eigenvalue weighted by Gasteiger charge is -2.25. The zero-order valence-corrected chi connectivity index (χ0v) is 14.4. The van der Waals surface area contributed by atoms with Gasteiger partial charge < -0.3 is 9.80 Å². The number of likely N-dealkylation sites (N-methyl/N-ethyl adjacent to an activating group) is 1. The van der Waals surface area contributed by atoms with E-state index in [2.05, 4.69) is 26.0 Å². The van der Waals surface area contributed by atoms with Gasteiger partial charge in [0.25, 0.3) is 0 Å². The molecule has 0 bridgehead atoms. The van der Waals surface area contributed by atoms with Crippen LogP contribution < -0.4 is 4.90 Å². The van der Waals surface area contributed by atoms with Crippen LogP contribution in [0, 0.1) is 0 Å². The normalized spacial score (nSPS) is 18.4. The van der Waals surface area contributed by atoms with Gasteiger partial charge in [-0.3, -0.25) is 4.79 Å². The monoisotopic (exact) mass is 405 g/mol. The molecule has 1 amide bonds. The largest absolute Gasteiger partial charge is 0.397 e. The highest BCUT2D eigenvalue weighted by Crippen LogP contribution is 2.26. The first-order chi connectivity index (χ1) is 11.2. The van der Waals surface area contributed by atoms with Crippen molar-refractivity contribution in [2.24, 2.45) is 0 Å². The summed E-state index contributed by atoms with van der Waals surface area (Å²) in [5.41, 5.74) is 0.664. The molecule has 10 heteroatoms. The molecule has 0 aromatic carbocycles. The highest BCUT2D eigenvalue weighted by atomic mass is 79.9. The van der Waals surface area contributed by atoms with Gasteiger partial charge in [-0.15, -0.1) is 0 Å². The minimum absolute atomic E-state index is 0.258. The molecule has 1 aliphatic heterocycles. The number of carbonyl (C=O) groups is 1. The topological polar surface area (TPSA) is 53.7 Å². The zero-order chi connectivity index (χ0) is 17.5. The number of hydrogen-bond acceptors (Lipinski definition) is 4. The van der Waals surface area contributed by atoms with Crippen LogP contribution in [0.4, 0.5) is 19.0 Å². The molecule has 0 N–H and O–H groups in total. The molecule has 0 unspecified atom stereocenters. The average molecular weight is 406 g/mol. The summed E-state index contributed by atoms with van der Waals surface area (Å²) in [6.45, 7) is 1.08. The number of rotatable bonds is 3. The summed E-state index contributed by atoms with van der Waals surface area (Å²) in [7, 11) is 1.42. The van der Waals surface area contributed by atoms with Gasteiger partial charge in [0, 0.05) is 26.3 Å². The van der Waals surface area contributed by atoms with Crippen molar-refractivity contribution in [3.63, 3.8) is 0 Å². The van der Waals surface area contributed by atoms with E-state index in [0.29, 0.717) is 31.0 Å². The Hall–Kier alpha value is -1.84. The standard InChI is InChI=1S/C14H15BrF3N5O/c1-21(12(24)6-14(16,17)18)9-2-4-22(8-9)11-3-5-23-13(20-11)10(15)7-19-23/h3,5,7,9H,2,4,6,8H2,1H3/t9-/m0/s1. The van der Waals surface area contributed by atoms with Crippen LogP contribution >= 0.6 is 15.9 Å². The zero-order valence-electron chi connectivity index (χ0n) is 12.8. The second-order valence-electron chi connectivity index (χ2n) is 5.73. The van der Waals surface area contributed by atoms with E-state index < -0.39 is 18.5 Å². The summed E-state index contributed by atoms with van der Waals surface area (Å²) in [4.78, 5) is 19.4. The second kappa shape index (κ2) is 6.23. The summed E-state index contributed by atoms with van der Waals surface area (Å²) in [5.74, 6) is -0.195. The average Bonchev–Trinajstić information content (AvgIpc) is 3.12. The van der Waals surface area contributed by atoms with Crippen LogP contribution in [0.15, 0.2) is 22.9 Å². The van der Waals surface area contributed by atoms with Crippen LogP contribution in [0.1, 0.15) is 12.8 Å². The van der Waals surface area contributed by atoms with Crippen LogP contribution in [-0.2, 0) is 4.79 Å². The molecule has 2 aromatic rings. The van der Waals surface area contributed by atoms with Gasteiger partial charge in [0.05, 0.1) is 16.7 Å². The quantitative estimate of drug-likeness (QED) is 0.786. The van der Waals surface area contributed by atoms with Crippen molar-refractivity contribution in [3.05, 3.63) is 22.9 Å². The first kappa shape index (κ1) is 17.0. The number of alkyl halides is 3. The Labute approximate surface area is 144 Å². The molecule has 1 fully saturated rings.